The van der Waals surface area contributed by atoms with Gasteiger partial charge in [-0.05, 0) is 30.7 Å². The number of ketones is 1. The lowest BCUT2D eigenvalue weighted by Gasteiger charge is -2.51. The summed E-state index contributed by atoms with van der Waals surface area (Å²) in [6.07, 6.45) is 1.81. The van der Waals surface area contributed by atoms with Gasteiger partial charge in [-0.1, -0.05) is 72.3 Å². The Labute approximate surface area is 207 Å². The van der Waals surface area contributed by atoms with Crippen LogP contribution < -0.4 is 5.32 Å². The highest BCUT2D eigenvalue weighted by atomic mass is 16.5. The van der Waals surface area contributed by atoms with Gasteiger partial charge >= 0.3 is 5.97 Å². The Morgan fingerprint density at radius 2 is 1.63 bits per heavy atom. The van der Waals surface area contributed by atoms with Crippen molar-refractivity contribution in [3.8, 4) is 0 Å². The first-order valence-corrected chi connectivity index (χ1v) is 12.5. The first-order valence-electron chi connectivity index (χ1n) is 12.5. The summed E-state index contributed by atoms with van der Waals surface area (Å²) >= 11 is 0. The zero-order valence-corrected chi connectivity index (χ0v) is 20.2. The maximum atomic E-state index is 13.5. The number of fused-ring (bicyclic) bond motifs is 3. The van der Waals surface area contributed by atoms with Gasteiger partial charge in [0.1, 0.15) is 13.1 Å². The smallest absolute Gasteiger partial charge is 0.333 e. The van der Waals surface area contributed by atoms with Crippen LogP contribution in [-0.4, -0.2) is 48.5 Å². The van der Waals surface area contributed by atoms with Gasteiger partial charge in [0.15, 0.2) is 12.1 Å². The van der Waals surface area contributed by atoms with Crippen molar-refractivity contribution in [1.82, 2.24) is 0 Å². The van der Waals surface area contributed by atoms with Crippen molar-refractivity contribution in [2.24, 2.45) is 5.92 Å². The van der Waals surface area contributed by atoms with Crippen LogP contribution >= 0.6 is 0 Å². The number of aryl methyl sites for hydroxylation is 1. The number of nitrogens with zero attached hydrogens (tertiary/aromatic N) is 1. The molecule has 0 saturated carbocycles. The number of para-hydroxylation sites is 1. The summed E-state index contributed by atoms with van der Waals surface area (Å²) in [5.41, 5.74) is 3.62. The minimum atomic E-state index is -0.587. The van der Waals surface area contributed by atoms with Crippen molar-refractivity contribution < 1.29 is 18.8 Å². The third-order valence-corrected chi connectivity index (χ3v) is 7.58. The summed E-state index contributed by atoms with van der Waals surface area (Å²) in [6, 6.07) is 26.7. The fourth-order valence-electron chi connectivity index (χ4n) is 5.63. The van der Waals surface area contributed by atoms with Crippen LogP contribution in [0, 0.1) is 12.8 Å². The highest BCUT2D eigenvalue weighted by Crippen LogP contribution is 2.36. The number of Topliss-reactive ketones (excluding diaryl/α,β-unsaturated/α-hetero) is 1. The van der Waals surface area contributed by atoms with Crippen molar-refractivity contribution in [2.75, 3.05) is 31.5 Å². The average Bonchev–Trinajstić information content (AvgIpc) is 2.89. The molecule has 5 heteroatoms. The molecule has 0 amide bonds. The molecule has 180 valence electrons. The number of carbonyl (C=O) groups excluding carboxylic acids is 2. The maximum absolute atomic E-state index is 13.5. The van der Waals surface area contributed by atoms with E-state index in [4.69, 9.17) is 4.74 Å². The number of rotatable bonds is 8. The summed E-state index contributed by atoms with van der Waals surface area (Å²) in [7, 11) is 0. The molecule has 0 aliphatic carbocycles. The number of ether oxygens (including phenoxy) is 1. The lowest BCUT2D eigenvalue weighted by atomic mass is 9.82. The van der Waals surface area contributed by atoms with Crippen molar-refractivity contribution in [2.45, 2.75) is 31.9 Å². The summed E-state index contributed by atoms with van der Waals surface area (Å²) in [6.45, 7) is 5.13. The first kappa shape index (κ1) is 23.3. The molecular weight excluding hydrogens is 436 g/mol. The van der Waals surface area contributed by atoms with Gasteiger partial charge in [0.05, 0.1) is 13.1 Å². The molecule has 3 heterocycles. The monoisotopic (exact) mass is 469 g/mol. The molecule has 0 radical (unpaired) electrons. The van der Waals surface area contributed by atoms with Gasteiger partial charge in [-0.25, -0.2) is 4.79 Å². The molecule has 0 aromatic heterocycles. The van der Waals surface area contributed by atoms with Crippen LogP contribution in [0.5, 0.6) is 0 Å². The van der Waals surface area contributed by atoms with E-state index in [0.29, 0.717) is 23.5 Å². The Kier molecular flexibility index (Phi) is 6.69. The predicted molar refractivity (Wildman–Crippen MR) is 137 cm³/mol. The number of nitrogens with one attached hydrogen (secondary N) is 1. The van der Waals surface area contributed by atoms with E-state index in [2.05, 4.69) is 5.32 Å². The maximum Gasteiger partial charge on any atom is 0.333 e. The van der Waals surface area contributed by atoms with E-state index in [1.807, 2.05) is 91.9 Å². The van der Waals surface area contributed by atoms with Crippen LogP contribution in [-0.2, 0) is 9.53 Å². The number of hydrogen-bond donors (Lipinski definition) is 1. The van der Waals surface area contributed by atoms with Crippen LogP contribution in [0.4, 0.5) is 5.69 Å². The van der Waals surface area contributed by atoms with E-state index in [0.717, 1.165) is 48.3 Å². The predicted octanol–water partition coefficient (Wildman–Crippen LogP) is 5.18. The second-order valence-electron chi connectivity index (χ2n) is 10.1. The Hall–Kier alpha value is -3.44. The van der Waals surface area contributed by atoms with Crippen molar-refractivity contribution >= 4 is 17.4 Å². The Bertz CT molecular complexity index is 1170. The molecule has 35 heavy (non-hydrogen) atoms. The number of carbonyl (C=O) groups is 2. The molecule has 2 atom stereocenters. The van der Waals surface area contributed by atoms with Crippen LogP contribution in [0.15, 0.2) is 84.9 Å². The van der Waals surface area contributed by atoms with E-state index in [1.54, 1.807) is 0 Å². The SMILES string of the molecule is Cc1cccc(C(=O)C[N+]23CCC(CC2)[C@@H](OC(=O)[C@H](Nc2ccccc2)c2ccccc2)C3)c1. The minimum Gasteiger partial charge on any atom is -0.454 e. The van der Waals surface area contributed by atoms with Crippen molar-refractivity contribution in [3.63, 3.8) is 0 Å². The molecule has 1 N–H and O–H groups in total. The zero-order chi connectivity index (χ0) is 24.3. The minimum absolute atomic E-state index is 0.168. The zero-order valence-electron chi connectivity index (χ0n) is 20.2. The van der Waals surface area contributed by atoms with Crippen molar-refractivity contribution in [3.05, 3.63) is 102 Å². The van der Waals surface area contributed by atoms with Gasteiger partial charge in [-0.15, -0.1) is 0 Å². The van der Waals surface area contributed by atoms with E-state index >= 15 is 0 Å². The van der Waals surface area contributed by atoms with Crippen LogP contribution in [0.3, 0.4) is 0 Å². The van der Waals surface area contributed by atoms with Crippen LogP contribution in [0.2, 0.25) is 0 Å². The molecule has 3 aliphatic heterocycles. The number of benzene rings is 3. The molecule has 3 aliphatic rings. The highest BCUT2D eigenvalue weighted by Gasteiger charge is 2.49. The number of quaternary nitrogens is 1. The molecule has 0 unspecified atom stereocenters. The fourth-order valence-corrected chi connectivity index (χ4v) is 5.63. The van der Waals surface area contributed by atoms with Crippen molar-refractivity contribution in [1.29, 1.82) is 0 Å². The topological polar surface area (TPSA) is 55.4 Å². The van der Waals surface area contributed by atoms with Gasteiger partial charge in [0.25, 0.3) is 0 Å². The van der Waals surface area contributed by atoms with Gasteiger partial charge in [0.2, 0.25) is 5.78 Å². The molecule has 3 aromatic rings. The lowest BCUT2D eigenvalue weighted by Crippen LogP contribution is -2.65. The molecular formula is C30H33N2O3+. The second-order valence-corrected chi connectivity index (χ2v) is 10.1. The molecule has 6 rings (SSSR count). The quantitative estimate of drug-likeness (QED) is 0.280. The van der Waals surface area contributed by atoms with E-state index in [9.17, 15) is 9.59 Å². The fraction of sp³-hybridized carbons (Fsp3) is 0.333. The molecule has 3 saturated heterocycles. The summed E-state index contributed by atoms with van der Waals surface area (Å²) in [5.74, 6) is 0.273. The summed E-state index contributed by atoms with van der Waals surface area (Å²) in [4.78, 5) is 26.7. The molecule has 2 bridgehead atoms. The Morgan fingerprint density at radius 1 is 0.943 bits per heavy atom. The summed E-state index contributed by atoms with van der Waals surface area (Å²) in [5, 5.41) is 3.36. The van der Waals surface area contributed by atoms with E-state index in [1.165, 1.54) is 0 Å². The lowest BCUT2D eigenvalue weighted by molar-refractivity contribution is -0.938. The third-order valence-electron chi connectivity index (χ3n) is 7.58. The van der Waals surface area contributed by atoms with E-state index < -0.39 is 6.04 Å². The van der Waals surface area contributed by atoms with Crippen LogP contribution in [0.1, 0.15) is 40.4 Å². The highest BCUT2D eigenvalue weighted by molar-refractivity contribution is 5.97. The average molecular weight is 470 g/mol. The largest absolute Gasteiger partial charge is 0.454 e. The van der Waals surface area contributed by atoms with Gasteiger partial charge in [0, 0.05) is 30.0 Å². The number of esters is 1. The second kappa shape index (κ2) is 10.0. The van der Waals surface area contributed by atoms with Gasteiger partial charge < -0.3 is 14.5 Å². The third kappa shape index (κ3) is 5.30. The number of piperidine rings is 3. The number of anilines is 1. The van der Waals surface area contributed by atoms with Gasteiger partial charge in [-0.2, -0.15) is 0 Å². The van der Waals surface area contributed by atoms with Crippen LogP contribution in [0.25, 0.3) is 0 Å². The summed E-state index contributed by atoms with van der Waals surface area (Å²) < 4.78 is 6.93. The standard InChI is InChI=1S/C30H33N2O3/c1-22-9-8-12-25(19-22)27(33)20-32-17-15-23(16-18-32)28(21-32)35-30(34)29(24-10-4-2-5-11-24)31-26-13-6-3-7-14-26/h2-14,19,23,28-29,31H,15-18,20-21H2,1H3/q+1/t23?,28-,29+,32?/m0/s1. The molecule has 5 nitrogen and oxygen atoms in total. The normalized spacial score (nSPS) is 23.9. The van der Waals surface area contributed by atoms with Gasteiger partial charge in [-0.3, -0.25) is 4.79 Å². The number of hydrogen-bond acceptors (Lipinski definition) is 4. The Morgan fingerprint density at radius 3 is 2.31 bits per heavy atom. The molecule has 0 spiro atoms. The first-order chi connectivity index (χ1) is 17.0. The molecule has 3 aromatic carbocycles. The molecule has 3 fully saturated rings. The Balaban J connectivity index is 1.31. The van der Waals surface area contributed by atoms with E-state index in [-0.39, 0.29) is 17.9 Å².